The summed E-state index contributed by atoms with van der Waals surface area (Å²) in [7, 11) is 1.52. The molecule has 0 N–H and O–H groups in total. The third kappa shape index (κ3) is 3.35. The van der Waals surface area contributed by atoms with Crippen LogP contribution in [0.25, 0.3) is 22.8 Å². The lowest BCUT2D eigenvalue weighted by Gasteiger charge is -2.05. The first kappa shape index (κ1) is 19.7. The van der Waals surface area contributed by atoms with E-state index in [1.54, 1.807) is 30.3 Å². The number of nitro benzene ring substituents is 3. The zero-order chi connectivity index (χ0) is 22.3. The number of nitrogens with zero attached hydrogens (tertiary/aromatic N) is 3. The van der Waals surface area contributed by atoms with Gasteiger partial charge in [0, 0.05) is 23.8 Å². The Morgan fingerprint density at radius 2 is 1.39 bits per heavy atom. The molecule has 1 aliphatic rings. The Morgan fingerprint density at radius 3 is 1.97 bits per heavy atom. The van der Waals surface area contributed by atoms with E-state index in [0.717, 1.165) is 6.07 Å². The molecule has 0 bridgehead atoms. The number of hydrogen-bond donors (Lipinski definition) is 0. The van der Waals surface area contributed by atoms with Gasteiger partial charge in [-0.2, -0.15) is 0 Å². The quantitative estimate of drug-likeness (QED) is 0.328. The van der Waals surface area contributed by atoms with Gasteiger partial charge in [-0.3, -0.25) is 30.3 Å². The van der Waals surface area contributed by atoms with Crippen molar-refractivity contribution in [3.63, 3.8) is 0 Å². The van der Waals surface area contributed by atoms with Crippen LogP contribution in [0.5, 0.6) is 5.75 Å². The summed E-state index contributed by atoms with van der Waals surface area (Å²) < 4.78 is 5.13. The van der Waals surface area contributed by atoms with Crippen LogP contribution >= 0.6 is 0 Å². The number of methoxy groups -OCH3 is 1. The summed E-state index contributed by atoms with van der Waals surface area (Å²) in [5, 5.41) is 34.4. The van der Waals surface area contributed by atoms with Gasteiger partial charge in [0.2, 0.25) is 0 Å². The van der Waals surface area contributed by atoms with Gasteiger partial charge in [-0.1, -0.05) is 12.1 Å². The molecular formula is C21H13N3O7. The molecule has 0 radical (unpaired) electrons. The highest BCUT2D eigenvalue weighted by atomic mass is 16.6. The van der Waals surface area contributed by atoms with Crippen LogP contribution in [0.3, 0.4) is 0 Å². The maximum absolute atomic E-state index is 11.7. The molecule has 4 rings (SSSR count). The van der Waals surface area contributed by atoms with E-state index in [9.17, 15) is 30.3 Å². The molecule has 0 heterocycles. The lowest BCUT2D eigenvalue weighted by molar-refractivity contribution is -0.393. The highest BCUT2D eigenvalue weighted by Crippen LogP contribution is 2.51. The monoisotopic (exact) mass is 419 g/mol. The summed E-state index contributed by atoms with van der Waals surface area (Å²) in [5.41, 5.74) is 1.31. The minimum absolute atomic E-state index is 0.190. The van der Waals surface area contributed by atoms with Gasteiger partial charge in [-0.25, -0.2) is 0 Å². The number of non-ortho nitro benzene ring substituents is 2. The van der Waals surface area contributed by atoms with Gasteiger partial charge in [0.15, 0.2) is 0 Å². The van der Waals surface area contributed by atoms with Crippen molar-refractivity contribution in [3.8, 4) is 16.9 Å². The summed E-state index contributed by atoms with van der Waals surface area (Å²) in [6, 6.07) is 13.1. The molecule has 10 nitrogen and oxygen atoms in total. The van der Waals surface area contributed by atoms with E-state index in [0.29, 0.717) is 28.0 Å². The Balaban J connectivity index is 2.04. The normalized spacial score (nSPS) is 12.9. The van der Waals surface area contributed by atoms with Crippen LogP contribution in [-0.2, 0) is 0 Å². The molecule has 0 spiro atoms. The number of benzene rings is 3. The molecule has 0 saturated carbocycles. The first-order valence-corrected chi connectivity index (χ1v) is 8.92. The van der Waals surface area contributed by atoms with Crippen molar-refractivity contribution in [3.05, 3.63) is 102 Å². The molecular weight excluding hydrogens is 406 g/mol. The van der Waals surface area contributed by atoms with Gasteiger partial charge in [-0.05, 0) is 46.5 Å². The Hall–Kier alpha value is -4.60. The fourth-order valence-corrected chi connectivity index (χ4v) is 3.61. The van der Waals surface area contributed by atoms with Crippen molar-refractivity contribution in [1.29, 1.82) is 0 Å². The topological polar surface area (TPSA) is 139 Å². The van der Waals surface area contributed by atoms with E-state index in [1.807, 2.05) is 0 Å². The summed E-state index contributed by atoms with van der Waals surface area (Å²) in [6.45, 7) is 0. The second-order valence-corrected chi connectivity index (χ2v) is 6.72. The van der Waals surface area contributed by atoms with Crippen LogP contribution < -0.4 is 4.74 Å². The van der Waals surface area contributed by atoms with E-state index >= 15 is 0 Å². The molecule has 10 heteroatoms. The number of rotatable bonds is 5. The number of ether oxygens (including phenoxy) is 1. The molecule has 0 unspecified atom stereocenters. The molecule has 0 saturated heterocycles. The van der Waals surface area contributed by atoms with Crippen LogP contribution in [0, 0.1) is 30.3 Å². The molecule has 0 fully saturated rings. The van der Waals surface area contributed by atoms with Crippen molar-refractivity contribution in [1.82, 2.24) is 0 Å². The van der Waals surface area contributed by atoms with Crippen LogP contribution in [0.15, 0.2) is 54.6 Å². The van der Waals surface area contributed by atoms with Crippen LogP contribution in [0.4, 0.5) is 17.1 Å². The van der Waals surface area contributed by atoms with E-state index in [1.165, 1.54) is 31.4 Å². The van der Waals surface area contributed by atoms with Gasteiger partial charge in [0.1, 0.15) is 5.75 Å². The van der Waals surface area contributed by atoms with E-state index in [4.69, 9.17) is 4.74 Å². The molecule has 154 valence electrons. The second kappa shape index (κ2) is 7.34. The minimum atomic E-state index is -0.705. The second-order valence-electron chi connectivity index (χ2n) is 6.72. The number of hydrogen-bond acceptors (Lipinski definition) is 7. The van der Waals surface area contributed by atoms with Gasteiger partial charge >= 0.3 is 0 Å². The van der Waals surface area contributed by atoms with Crippen molar-refractivity contribution in [2.75, 3.05) is 7.11 Å². The summed E-state index contributed by atoms with van der Waals surface area (Å²) in [6.07, 6.45) is 1.68. The van der Waals surface area contributed by atoms with E-state index in [-0.39, 0.29) is 16.8 Å². The average molecular weight is 419 g/mol. The highest BCUT2D eigenvalue weighted by Gasteiger charge is 2.34. The predicted octanol–water partition coefficient (Wildman–Crippen LogP) is 4.99. The standard InChI is InChI=1S/C21H13N3O7/c1-31-15-5-2-12(3-6-15)8-17-18-9-13(22(25)26)4-7-16(18)21-19(17)10-14(23(27)28)11-20(21)24(29)30/h2-11H,1H3. The average Bonchev–Trinajstić information content (AvgIpc) is 3.06. The lowest BCUT2D eigenvalue weighted by Crippen LogP contribution is -1.96. The number of nitro groups is 3. The van der Waals surface area contributed by atoms with Crippen molar-refractivity contribution >= 4 is 28.7 Å². The van der Waals surface area contributed by atoms with Crippen LogP contribution in [0.2, 0.25) is 0 Å². The smallest absolute Gasteiger partial charge is 0.284 e. The largest absolute Gasteiger partial charge is 0.497 e. The van der Waals surface area contributed by atoms with Crippen molar-refractivity contribution < 1.29 is 19.5 Å². The van der Waals surface area contributed by atoms with Crippen LogP contribution in [-0.4, -0.2) is 21.9 Å². The van der Waals surface area contributed by atoms with Crippen LogP contribution in [0.1, 0.15) is 16.7 Å². The first-order valence-electron chi connectivity index (χ1n) is 8.92. The predicted molar refractivity (Wildman–Crippen MR) is 112 cm³/mol. The summed E-state index contributed by atoms with van der Waals surface area (Å²) >= 11 is 0. The Kier molecular flexibility index (Phi) is 4.66. The lowest BCUT2D eigenvalue weighted by atomic mass is 10.00. The fourth-order valence-electron chi connectivity index (χ4n) is 3.61. The van der Waals surface area contributed by atoms with Gasteiger partial charge < -0.3 is 4.74 Å². The first-order chi connectivity index (χ1) is 14.8. The zero-order valence-corrected chi connectivity index (χ0v) is 16.0. The maximum Gasteiger partial charge on any atom is 0.284 e. The van der Waals surface area contributed by atoms with Gasteiger partial charge in [0.05, 0.1) is 33.5 Å². The molecule has 1 aliphatic carbocycles. The minimum Gasteiger partial charge on any atom is -0.497 e. The molecule has 31 heavy (non-hydrogen) atoms. The molecule has 0 aromatic heterocycles. The summed E-state index contributed by atoms with van der Waals surface area (Å²) in [4.78, 5) is 32.4. The molecule has 0 amide bonds. The third-order valence-electron chi connectivity index (χ3n) is 5.00. The molecule has 3 aromatic rings. The van der Waals surface area contributed by atoms with E-state index in [2.05, 4.69) is 0 Å². The molecule has 0 atom stereocenters. The molecule has 3 aromatic carbocycles. The summed E-state index contributed by atoms with van der Waals surface area (Å²) in [5.74, 6) is 0.622. The van der Waals surface area contributed by atoms with Gasteiger partial charge in [-0.15, -0.1) is 0 Å². The Bertz CT molecular complexity index is 1300. The maximum atomic E-state index is 11.7. The Morgan fingerprint density at radius 1 is 0.742 bits per heavy atom. The number of fused-ring (bicyclic) bond motifs is 3. The van der Waals surface area contributed by atoms with Crippen molar-refractivity contribution in [2.45, 2.75) is 0 Å². The van der Waals surface area contributed by atoms with E-state index < -0.39 is 26.1 Å². The highest BCUT2D eigenvalue weighted by molar-refractivity contribution is 6.09. The fraction of sp³-hybridized carbons (Fsp3) is 0.0476. The van der Waals surface area contributed by atoms with Gasteiger partial charge in [0.25, 0.3) is 17.1 Å². The van der Waals surface area contributed by atoms with Crippen molar-refractivity contribution in [2.24, 2.45) is 0 Å². The zero-order valence-electron chi connectivity index (χ0n) is 16.0. The third-order valence-corrected chi connectivity index (χ3v) is 5.00. The Labute approximate surface area is 174 Å². The SMILES string of the molecule is COc1ccc(C=C2c3cc([N+](=O)[O-])ccc3-c3c2cc([N+](=O)[O-])cc3[N+](=O)[O-])cc1. The molecule has 0 aliphatic heterocycles.